The third-order valence-electron chi connectivity index (χ3n) is 3.40. The van der Waals surface area contributed by atoms with Crippen LogP contribution in [0.15, 0.2) is 48.5 Å². The molecule has 2 aromatic carbocycles. The van der Waals surface area contributed by atoms with Gasteiger partial charge in [0.25, 0.3) is 0 Å². The van der Waals surface area contributed by atoms with Gasteiger partial charge >= 0.3 is 0 Å². The molecule has 0 saturated heterocycles. The van der Waals surface area contributed by atoms with Gasteiger partial charge in [0.1, 0.15) is 17.7 Å². The first kappa shape index (κ1) is 15.5. The van der Waals surface area contributed by atoms with Crippen molar-refractivity contribution in [1.82, 2.24) is 0 Å². The number of halogens is 1. The van der Waals surface area contributed by atoms with Crippen LogP contribution in [0, 0.1) is 5.82 Å². The van der Waals surface area contributed by atoms with E-state index < -0.39 is 0 Å². The zero-order chi connectivity index (χ0) is 15.2. The van der Waals surface area contributed by atoms with Gasteiger partial charge in [-0.2, -0.15) is 0 Å². The van der Waals surface area contributed by atoms with Crippen LogP contribution in [0.4, 0.5) is 4.39 Å². The summed E-state index contributed by atoms with van der Waals surface area (Å²) >= 11 is 0. The molecule has 2 unspecified atom stereocenters. The highest BCUT2D eigenvalue weighted by Crippen LogP contribution is 2.26. The van der Waals surface area contributed by atoms with Gasteiger partial charge in [0.05, 0.1) is 6.61 Å². The third kappa shape index (κ3) is 4.03. The maximum Gasteiger partial charge on any atom is 0.139 e. The summed E-state index contributed by atoms with van der Waals surface area (Å²) in [6, 6.07) is 13.2. The molecule has 112 valence electrons. The number of ether oxygens (including phenoxy) is 1. The van der Waals surface area contributed by atoms with Crippen LogP contribution in [0.2, 0.25) is 0 Å². The van der Waals surface area contributed by atoms with Gasteiger partial charge in [-0.3, -0.25) is 0 Å². The fourth-order valence-corrected chi connectivity index (χ4v) is 2.13. The lowest BCUT2D eigenvalue weighted by Gasteiger charge is -2.25. The Hall–Kier alpha value is -1.91. The van der Waals surface area contributed by atoms with E-state index in [9.17, 15) is 9.50 Å². The molecule has 0 bridgehead atoms. The summed E-state index contributed by atoms with van der Waals surface area (Å²) in [6.45, 7) is 1.94. The first-order valence-electron chi connectivity index (χ1n) is 7.01. The molecule has 0 aliphatic rings. The van der Waals surface area contributed by atoms with Crippen molar-refractivity contribution in [3.63, 3.8) is 0 Å². The molecule has 0 aromatic heterocycles. The van der Waals surface area contributed by atoms with Crippen molar-refractivity contribution in [2.24, 2.45) is 5.73 Å². The van der Waals surface area contributed by atoms with Gasteiger partial charge in [-0.25, -0.2) is 4.39 Å². The van der Waals surface area contributed by atoms with E-state index in [-0.39, 0.29) is 24.6 Å². The molecular formula is C17H20FNO2. The van der Waals surface area contributed by atoms with Crippen molar-refractivity contribution in [3.05, 3.63) is 65.5 Å². The van der Waals surface area contributed by atoms with Crippen LogP contribution in [0.3, 0.4) is 0 Å². The van der Waals surface area contributed by atoms with E-state index in [1.807, 2.05) is 25.1 Å². The van der Waals surface area contributed by atoms with E-state index in [0.29, 0.717) is 5.75 Å². The zero-order valence-corrected chi connectivity index (χ0v) is 12.0. The molecule has 0 aliphatic heterocycles. The van der Waals surface area contributed by atoms with E-state index in [0.717, 1.165) is 17.5 Å². The van der Waals surface area contributed by atoms with Crippen molar-refractivity contribution in [3.8, 4) is 5.75 Å². The minimum Gasteiger partial charge on any atom is -0.484 e. The highest BCUT2D eigenvalue weighted by Gasteiger charge is 2.20. The number of nitrogens with two attached hydrogens (primary N) is 1. The Morgan fingerprint density at radius 1 is 1.19 bits per heavy atom. The summed E-state index contributed by atoms with van der Waals surface area (Å²) < 4.78 is 19.0. The van der Waals surface area contributed by atoms with Crippen molar-refractivity contribution in [2.45, 2.75) is 32.1 Å². The van der Waals surface area contributed by atoms with Crippen molar-refractivity contribution >= 4 is 0 Å². The average molecular weight is 289 g/mol. The first-order chi connectivity index (χ1) is 10.1. The quantitative estimate of drug-likeness (QED) is 0.858. The van der Waals surface area contributed by atoms with Crippen LogP contribution in [-0.4, -0.2) is 11.1 Å². The normalized spacial score (nSPS) is 13.7. The van der Waals surface area contributed by atoms with Crippen molar-refractivity contribution in [1.29, 1.82) is 0 Å². The monoisotopic (exact) mass is 289 g/mol. The number of hydrogen-bond acceptors (Lipinski definition) is 3. The molecule has 0 saturated carbocycles. The maximum atomic E-state index is 13.1. The molecule has 0 fully saturated rings. The Balaban J connectivity index is 2.25. The van der Waals surface area contributed by atoms with Gasteiger partial charge in [-0.05, 0) is 41.8 Å². The van der Waals surface area contributed by atoms with Gasteiger partial charge in [0.15, 0.2) is 0 Å². The maximum absolute atomic E-state index is 13.1. The van der Waals surface area contributed by atoms with Gasteiger partial charge < -0.3 is 15.6 Å². The molecular weight excluding hydrogens is 269 g/mol. The summed E-state index contributed by atoms with van der Waals surface area (Å²) in [5.74, 6) is 0.352. The number of aliphatic hydroxyl groups excluding tert-OH is 1. The fourth-order valence-electron chi connectivity index (χ4n) is 2.13. The van der Waals surface area contributed by atoms with Crippen LogP contribution in [0.1, 0.15) is 30.6 Å². The predicted octanol–water partition coefficient (Wildman–Crippen LogP) is 3.18. The third-order valence-corrected chi connectivity index (χ3v) is 3.40. The van der Waals surface area contributed by atoms with Crippen LogP contribution in [-0.2, 0) is 6.61 Å². The SMILES string of the molecule is CCC(N)C(Oc1cccc(CO)c1)c1ccc(F)cc1. The molecule has 0 amide bonds. The van der Waals surface area contributed by atoms with Gasteiger partial charge in [-0.15, -0.1) is 0 Å². The van der Waals surface area contributed by atoms with Gasteiger partial charge in [-0.1, -0.05) is 31.2 Å². The van der Waals surface area contributed by atoms with Crippen LogP contribution >= 0.6 is 0 Å². The predicted molar refractivity (Wildman–Crippen MR) is 80.4 cm³/mol. The molecule has 0 heterocycles. The summed E-state index contributed by atoms with van der Waals surface area (Å²) in [5, 5.41) is 9.18. The topological polar surface area (TPSA) is 55.5 Å². The molecule has 0 aliphatic carbocycles. The average Bonchev–Trinajstić information content (AvgIpc) is 2.53. The largest absolute Gasteiger partial charge is 0.484 e. The van der Waals surface area contributed by atoms with E-state index in [1.54, 1.807) is 18.2 Å². The van der Waals surface area contributed by atoms with Gasteiger partial charge in [0, 0.05) is 6.04 Å². The number of aliphatic hydroxyl groups is 1. The highest BCUT2D eigenvalue weighted by atomic mass is 19.1. The molecule has 21 heavy (non-hydrogen) atoms. The Bertz CT molecular complexity index is 571. The van der Waals surface area contributed by atoms with E-state index in [4.69, 9.17) is 10.5 Å². The lowest BCUT2D eigenvalue weighted by atomic mass is 10.0. The lowest BCUT2D eigenvalue weighted by Crippen LogP contribution is -2.31. The summed E-state index contributed by atoms with van der Waals surface area (Å²) in [7, 11) is 0. The molecule has 2 atom stereocenters. The van der Waals surface area contributed by atoms with Crippen LogP contribution < -0.4 is 10.5 Å². The Kier molecular flexibility index (Phi) is 5.31. The van der Waals surface area contributed by atoms with Crippen molar-refractivity contribution < 1.29 is 14.2 Å². The summed E-state index contributed by atoms with van der Waals surface area (Å²) in [4.78, 5) is 0. The van der Waals surface area contributed by atoms with E-state index >= 15 is 0 Å². The molecule has 2 rings (SSSR count). The van der Waals surface area contributed by atoms with E-state index in [1.165, 1.54) is 12.1 Å². The number of benzene rings is 2. The smallest absolute Gasteiger partial charge is 0.139 e. The Morgan fingerprint density at radius 3 is 2.52 bits per heavy atom. The first-order valence-corrected chi connectivity index (χ1v) is 7.01. The minimum atomic E-state index is -0.357. The zero-order valence-electron chi connectivity index (χ0n) is 12.0. The summed E-state index contributed by atoms with van der Waals surface area (Å²) in [5.41, 5.74) is 7.74. The van der Waals surface area contributed by atoms with Crippen LogP contribution in [0.25, 0.3) is 0 Å². The number of rotatable bonds is 6. The van der Waals surface area contributed by atoms with Crippen molar-refractivity contribution in [2.75, 3.05) is 0 Å². The highest BCUT2D eigenvalue weighted by molar-refractivity contribution is 5.30. The minimum absolute atomic E-state index is 0.0434. The van der Waals surface area contributed by atoms with Crippen LogP contribution in [0.5, 0.6) is 5.75 Å². The Morgan fingerprint density at radius 2 is 1.90 bits per heavy atom. The fraction of sp³-hybridized carbons (Fsp3) is 0.294. The summed E-state index contributed by atoms with van der Waals surface area (Å²) in [6.07, 6.45) is 0.381. The molecule has 0 radical (unpaired) electrons. The molecule has 3 N–H and O–H groups in total. The molecule has 4 heteroatoms. The van der Waals surface area contributed by atoms with E-state index in [2.05, 4.69) is 0 Å². The Labute approximate surface area is 124 Å². The number of hydrogen-bond donors (Lipinski definition) is 2. The second-order valence-electron chi connectivity index (χ2n) is 4.97. The lowest BCUT2D eigenvalue weighted by molar-refractivity contribution is 0.170. The second-order valence-corrected chi connectivity index (χ2v) is 4.97. The molecule has 3 nitrogen and oxygen atoms in total. The second kappa shape index (κ2) is 7.20. The molecule has 0 spiro atoms. The van der Waals surface area contributed by atoms with Gasteiger partial charge in [0.2, 0.25) is 0 Å². The standard InChI is InChI=1S/C17H20FNO2/c1-2-16(19)17(13-6-8-14(18)9-7-13)21-15-5-3-4-12(10-15)11-20/h3-10,16-17,20H,2,11,19H2,1H3. The molecule has 2 aromatic rings.